The fourth-order valence-electron chi connectivity index (χ4n) is 2.03. The van der Waals surface area contributed by atoms with Gasteiger partial charge < -0.3 is 4.57 Å². The van der Waals surface area contributed by atoms with Crippen molar-refractivity contribution >= 4 is 10.0 Å². The highest BCUT2D eigenvalue weighted by Crippen LogP contribution is 2.11. The lowest BCUT2D eigenvalue weighted by Gasteiger charge is -2.07. The minimum Gasteiger partial charge on any atom is -0.357 e. The lowest BCUT2D eigenvalue weighted by molar-refractivity contribution is 0.581. The highest BCUT2D eigenvalue weighted by molar-refractivity contribution is 7.89. The molecule has 0 unspecified atom stereocenters. The van der Waals surface area contributed by atoms with Crippen LogP contribution in [0.2, 0.25) is 0 Å². The van der Waals surface area contributed by atoms with Crippen LogP contribution in [0.4, 0.5) is 0 Å². The molecule has 1 aromatic carbocycles. The molecule has 0 atom stereocenters. The third-order valence-electron chi connectivity index (χ3n) is 3.24. The summed E-state index contributed by atoms with van der Waals surface area (Å²) < 4.78 is 28.8. The van der Waals surface area contributed by atoms with E-state index < -0.39 is 10.0 Å². The van der Waals surface area contributed by atoms with Crippen molar-refractivity contribution in [3.63, 3.8) is 0 Å². The molecule has 0 amide bonds. The molecule has 0 spiro atoms. The Kier molecular flexibility index (Phi) is 4.62. The van der Waals surface area contributed by atoms with Crippen LogP contribution >= 0.6 is 0 Å². The number of hydrogen-bond donors (Lipinski definition) is 1. The number of hydrogen-bond acceptors (Lipinski definition) is 2. The van der Waals surface area contributed by atoms with Gasteiger partial charge in [0, 0.05) is 26.0 Å². The summed E-state index contributed by atoms with van der Waals surface area (Å²) in [6.07, 6.45) is 5.53. The standard InChI is InChI=1S/C15H20N2O2S/c1-3-13-4-6-15(7-5-13)20(18,19)16-10-8-14-9-11-17(2)12-14/h4-7,9,11-12,16H,3,8,10H2,1-2H3. The van der Waals surface area contributed by atoms with Crippen LogP contribution in [0.5, 0.6) is 0 Å². The number of nitrogens with one attached hydrogen (secondary N) is 1. The largest absolute Gasteiger partial charge is 0.357 e. The van der Waals surface area contributed by atoms with Crippen molar-refractivity contribution in [3.8, 4) is 0 Å². The van der Waals surface area contributed by atoms with Crippen molar-refractivity contribution < 1.29 is 8.42 Å². The molecule has 0 saturated heterocycles. The number of aryl methyl sites for hydroxylation is 2. The molecule has 1 heterocycles. The summed E-state index contributed by atoms with van der Waals surface area (Å²) in [6.45, 7) is 2.45. The summed E-state index contributed by atoms with van der Waals surface area (Å²) in [4.78, 5) is 0.322. The predicted octanol–water partition coefficient (Wildman–Crippen LogP) is 2.11. The molecule has 0 aliphatic heterocycles. The van der Waals surface area contributed by atoms with Crippen LogP contribution in [0.15, 0.2) is 47.6 Å². The molecule has 0 bridgehead atoms. The number of sulfonamides is 1. The summed E-state index contributed by atoms with van der Waals surface area (Å²) in [7, 11) is -1.46. The van der Waals surface area contributed by atoms with E-state index in [2.05, 4.69) is 4.72 Å². The summed E-state index contributed by atoms with van der Waals surface area (Å²) in [6, 6.07) is 9.01. The average molecular weight is 292 g/mol. The number of rotatable bonds is 6. The minimum atomic E-state index is -3.41. The lowest BCUT2D eigenvalue weighted by atomic mass is 10.2. The van der Waals surface area contributed by atoms with E-state index in [-0.39, 0.29) is 0 Å². The van der Waals surface area contributed by atoms with Crippen LogP contribution in [0.25, 0.3) is 0 Å². The highest BCUT2D eigenvalue weighted by atomic mass is 32.2. The first-order valence-electron chi connectivity index (χ1n) is 6.71. The Morgan fingerprint density at radius 3 is 2.35 bits per heavy atom. The minimum absolute atomic E-state index is 0.322. The topological polar surface area (TPSA) is 51.1 Å². The zero-order chi connectivity index (χ0) is 14.6. The maximum absolute atomic E-state index is 12.1. The zero-order valence-corrected chi connectivity index (χ0v) is 12.7. The first-order chi connectivity index (χ1) is 9.51. The van der Waals surface area contributed by atoms with Gasteiger partial charge in [0.2, 0.25) is 10.0 Å². The molecule has 1 aromatic heterocycles. The third-order valence-corrected chi connectivity index (χ3v) is 4.72. The average Bonchev–Trinajstić information content (AvgIpc) is 2.84. The summed E-state index contributed by atoms with van der Waals surface area (Å²) >= 11 is 0. The van der Waals surface area contributed by atoms with E-state index in [1.54, 1.807) is 12.1 Å². The Balaban J connectivity index is 1.96. The normalized spacial score (nSPS) is 11.7. The molecule has 0 radical (unpaired) electrons. The Morgan fingerprint density at radius 2 is 1.80 bits per heavy atom. The maximum atomic E-state index is 12.1. The van der Waals surface area contributed by atoms with Gasteiger partial charge in [0.15, 0.2) is 0 Å². The van der Waals surface area contributed by atoms with Gasteiger partial charge >= 0.3 is 0 Å². The molecule has 108 valence electrons. The van der Waals surface area contributed by atoms with Gasteiger partial charge in [-0.25, -0.2) is 13.1 Å². The van der Waals surface area contributed by atoms with Crippen molar-refractivity contribution in [1.82, 2.24) is 9.29 Å². The SMILES string of the molecule is CCc1ccc(S(=O)(=O)NCCc2ccn(C)c2)cc1. The summed E-state index contributed by atoms with van der Waals surface area (Å²) in [5.74, 6) is 0. The third kappa shape index (κ3) is 3.71. The Morgan fingerprint density at radius 1 is 1.10 bits per heavy atom. The number of aromatic nitrogens is 1. The van der Waals surface area contributed by atoms with Crippen LogP contribution in [0, 0.1) is 0 Å². The van der Waals surface area contributed by atoms with Crippen LogP contribution in [-0.2, 0) is 29.9 Å². The van der Waals surface area contributed by atoms with E-state index in [0.717, 1.165) is 17.5 Å². The van der Waals surface area contributed by atoms with Crippen LogP contribution < -0.4 is 4.72 Å². The summed E-state index contributed by atoms with van der Waals surface area (Å²) in [5.41, 5.74) is 2.25. The van der Waals surface area contributed by atoms with E-state index in [0.29, 0.717) is 17.9 Å². The van der Waals surface area contributed by atoms with Crippen molar-refractivity contribution in [1.29, 1.82) is 0 Å². The second kappa shape index (κ2) is 6.24. The second-order valence-corrected chi connectivity index (χ2v) is 6.60. The van der Waals surface area contributed by atoms with Gasteiger partial charge in [0.05, 0.1) is 4.90 Å². The van der Waals surface area contributed by atoms with E-state index in [1.807, 2.05) is 49.1 Å². The number of nitrogens with zero attached hydrogens (tertiary/aromatic N) is 1. The smallest absolute Gasteiger partial charge is 0.240 e. The van der Waals surface area contributed by atoms with Crippen molar-refractivity contribution in [2.75, 3.05) is 6.54 Å². The number of benzene rings is 1. The van der Waals surface area contributed by atoms with E-state index >= 15 is 0 Å². The van der Waals surface area contributed by atoms with Crippen molar-refractivity contribution in [3.05, 3.63) is 53.9 Å². The van der Waals surface area contributed by atoms with Crippen molar-refractivity contribution in [2.45, 2.75) is 24.7 Å². The fraction of sp³-hybridized carbons (Fsp3) is 0.333. The summed E-state index contributed by atoms with van der Waals surface area (Å²) in [5, 5.41) is 0. The van der Waals surface area contributed by atoms with Gasteiger partial charge in [0.25, 0.3) is 0 Å². The highest BCUT2D eigenvalue weighted by Gasteiger charge is 2.12. The molecular formula is C15H20N2O2S. The molecule has 0 fully saturated rings. The van der Waals surface area contributed by atoms with Crippen LogP contribution in [-0.4, -0.2) is 19.5 Å². The molecule has 2 rings (SSSR count). The fourth-order valence-corrected chi connectivity index (χ4v) is 3.06. The molecule has 1 N–H and O–H groups in total. The maximum Gasteiger partial charge on any atom is 0.240 e. The Hall–Kier alpha value is -1.59. The first kappa shape index (κ1) is 14.8. The van der Waals surface area contributed by atoms with Gasteiger partial charge in [-0.1, -0.05) is 19.1 Å². The quantitative estimate of drug-likeness (QED) is 0.886. The molecule has 20 heavy (non-hydrogen) atoms. The van der Waals surface area contributed by atoms with E-state index in [9.17, 15) is 8.42 Å². The monoisotopic (exact) mass is 292 g/mol. The molecule has 0 aliphatic carbocycles. The molecule has 0 saturated carbocycles. The molecule has 4 nitrogen and oxygen atoms in total. The van der Waals surface area contributed by atoms with Gasteiger partial charge in [-0.3, -0.25) is 0 Å². The zero-order valence-electron chi connectivity index (χ0n) is 11.8. The molecule has 0 aliphatic rings. The van der Waals surface area contributed by atoms with Crippen molar-refractivity contribution in [2.24, 2.45) is 7.05 Å². The van der Waals surface area contributed by atoms with E-state index in [4.69, 9.17) is 0 Å². The molecule has 5 heteroatoms. The van der Waals surface area contributed by atoms with Gasteiger partial charge in [0.1, 0.15) is 0 Å². The van der Waals surface area contributed by atoms with E-state index in [1.165, 1.54) is 0 Å². The first-order valence-corrected chi connectivity index (χ1v) is 8.19. The van der Waals surface area contributed by atoms with Crippen LogP contribution in [0.3, 0.4) is 0 Å². The van der Waals surface area contributed by atoms with Gasteiger partial charge in [-0.05, 0) is 42.2 Å². The predicted molar refractivity (Wildman–Crippen MR) is 80.1 cm³/mol. The van der Waals surface area contributed by atoms with Gasteiger partial charge in [-0.2, -0.15) is 0 Å². The Bertz CT molecular complexity index is 657. The molecular weight excluding hydrogens is 272 g/mol. The second-order valence-electron chi connectivity index (χ2n) is 4.83. The van der Waals surface area contributed by atoms with Crippen LogP contribution in [0.1, 0.15) is 18.1 Å². The van der Waals surface area contributed by atoms with Gasteiger partial charge in [-0.15, -0.1) is 0 Å². The molecule has 2 aromatic rings. The Labute approximate surface area is 120 Å². The lowest BCUT2D eigenvalue weighted by Crippen LogP contribution is -2.25.